The van der Waals surface area contributed by atoms with Crippen molar-refractivity contribution in [2.45, 2.75) is 5.92 Å². The standard InChI is InChI=1S/C15H16O3/c16-10-13(12-6-8-14(17)9-7-12)11-18-15-4-2-1-3-5-15/h1-9,13,16-17H,10-11H2. The summed E-state index contributed by atoms with van der Waals surface area (Å²) < 4.78 is 5.62. The monoisotopic (exact) mass is 244 g/mol. The Hall–Kier alpha value is -2.00. The molecule has 0 aliphatic rings. The third-order valence-corrected chi connectivity index (χ3v) is 2.78. The average molecular weight is 244 g/mol. The van der Waals surface area contributed by atoms with Crippen molar-refractivity contribution in [2.24, 2.45) is 0 Å². The fraction of sp³-hybridized carbons (Fsp3) is 0.200. The third kappa shape index (κ3) is 3.25. The molecule has 2 rings (SSSR count). The van der Waals surface area contributed by atoms with E-state index >= 15 is 0 Å². The Kier molecular flexibility index (Phi) is 4.20. The molecule has 0 saturated carbocycles. The summed E-state index contributed by atoms with van der Waals surface area (Å²) in [5, 5.41) is 18.6. The summed E-state index contributed by atoms with van der Waals surface area (Å²) in [6, 6.07) is 16.3. The molecule has 0 amide bonds. The van der Waals surface area contributed by atoms with Gasteiger partial charge in [0.15, 0.2) is 0 Å². The van der Waals surface area contributed by atoms with Crippen LogP contribution in [0.15, 0.2) is 54.6 Å². The van der Waals surface area contributed by atoms with E-state index in [2.05, 4.69) is 0 Å². The Morgan fingerprint density at radius 3 is 2.22 bits per heavy atom. The third-order valence-electron chi connectivity index (χ3n) is 2.78. The number of benzene rings is 2. The predicted octanol–water partition coefficient (Wildman–Crippen LogP) is 2.55. The van der Waals surface area contributed by atoms with Crippen molar-refractivity contribution in [2.75, 3.05) is 13.2 Å². The van der Waals surface area contributed by atoms with Gasteiger partial charge in [0.05, 0.1) is 13.2 Å². The lowest BCUT2D eigenvalue weighted by molar-refractivity contribution is 0.205. The first kappa shape index (κ1) is 12.5. The van der Waals surface area contributed by atoms with Gasteiger partial charge in [-0.15, -0.1) is 0 Å². The van der Waals surface area contributed by atoms with E-state index in [0.717, 1.165) is 11.3 Å². The Morgan fingerprint density at radius 1 is 0.944 bits per heavy atom. The van der Waals surface area contributed by atoms with Crippen LogP contribution < -0.4 is 4.74 Å². The first-order valence-corrected chi connectivity index (χ1v) is 5.87. The van der Waals surface area contributed by atoms with E-state index in [4.69, 9.17) is 4.74 Å². The second kappa shape index (κ2) is 6.07. The minimum absolute atomic E-state index is 0.0115. The van der Waals surface area contributed by atoms with E-state index in [-0.39, 0.29) is 18.3 Å². The Labute approximate surface area is 106 Å². The summed E-state index contributed by atoms with van der Waals surface area (Å²) in [6.07, 6.45) is 0. The van der Waals surface area contributed by atoms with Gasteiger partial charge in [-0.2, -0.15) is 0 Å². The van der Waals surface area contributed by atoms with Gasteiger partial charge in [-0.25, -0.2) is 0 Å². The highest BCUT2D eigenvalue weighted by Crippen LogP contribution is 2.20. The Balaban J connectivity index is 1.99. The highest BCUT2D eigenvalue weighted by atomic mass is 16.5. The number of aromatic hydroxyl groups is 1. The van der Waals surface area contributed by atoms with Gasteiger partial charge in [0.2, 0.25) is 0 Å². The topological polar surface area (TPSA) is 49.7 Å². The summed E-state index contributed by atoms with van der Waals surface area (Å²) in [4.78, 5) is 0. The van der Waals surface area contributed by atoms with Crippen molar-refractivity contribution in [1.82, 2.24) is 0 Å². The smallest absolute Gasteiger partial charge is 0.119 e. The first-order chi connectivity index (χ1) is 8.79. The molecule has 0 spiro atoms. The van der Waals surface area contributed by atoms with Crippen molar-refractivity contribution in [3.63, 3.8) is 0 Å². The molecule has 0 heterocycles. The van der Waals surface area contributed by atoms with Gasteiger partial charge in [-0.05, 0) is 29.8 Å². The van der Waals surface area contributed by atoms with E-state index in [1.165, 1.54) is 0 Å². The van der Waals surface area contributed by atoms with Gasteiger partial charge in [0, 0.05) is 5.92 Å². The van der Waals surface area contributed by atoms with Crippen LogP contribution in [0.1, 0.15) is 11.5 Å². The molecule has 0 aromatic heterocycles. The minimum Gasteiger partial charge on any atom is -0.508 e. The molecule has 2 aromatic carbocycles. The predicted molar refractivity (Wildman–Crippen MR) is 69.9 cm³/mol. The molecule has 0 bridgehead atoms. The zero-order valence-corrected chi connectivity index (χ0v) is 9.99. The lowest BCUT2D eigenvalue weighted by Crippen LogP contribution is -2.14. The molecule has 18 heavy (non-hydrogen) atoms. The molecule has 1 atom stereocenters. The van der Waals surface area contributed by atoms with E-state index in [9.17, 15) is 10.2 Å². The Morgan fingerprint density at radius 2 is 1.61 bits per heavy atom. The number of phenolic OH excluding ortho intramolecular Hbond substituents is 1. The van der Waals surface area contributed by atoms with Gasteiger partial charge in [0.25, 0.3) is 0 Å². The van der Waals surface area contributed by atoms with Crippen LogP contribution in [0.2, 0.25) is 0 Å². The number of aliphatic hydroxyl groups excluding tert-OH is 1. The summed E-state index contributed by atoms with van der Waals surface area (Å²) in [7, 11) is 0. The quantitative estimate of drug-likeness (QED) is 0.849. The van der Waals surface area contributed by atoms with Crippen LogP contribution in [-0.2, 0) is 0 Å². The van der Waals surface area contributed by atoms with Crippen LogP contribution >= 0.6 is 0 Å². The van der Waals surface area contributed by atoms with Gasteiger partial charge >= 0.3 is 0 Å². The van der Waals surface area contributed by atoms with Crippen molar-refractivity contribution < 1.29 is 14.9 Å². The molecular formula is C15H16O3. The second-order valence-corrected chi connectivity index (χ2v) is 4.10. The molecule has 0 aliphatic heterocycles. The number of phenols is 1. The molecule has 2 N–H and O–H groups in total. The van der Waals surface area contributed by atoms with Crippen LogP contribution in [0, 0.1) is 0 Å². The largest absolute Gasteiger partial charge is 0.508 e. The molecule has 0 aliphatic carbocycles. The molecular weight excluding hydrogens is 228 g/mol. The maximum atomic E-state index is 9.38. The lowest BCUT2D eigenvalue weighted by atomic mass is 10.0. The zero-order valence-electron chi connectivity index (χ0n) is 9.99. The van der Waals surface area contributed by atoms with Gasteiger partial charge < -0.3 is 14.9 Å². The normalized spacial score (nSPS) is 12.1. The highest BCUT2D eigenvalue weighted by Gasteiger charge is 2.11. The number of hydrogen-bond acceptors (Lipinski definition) is 3. The van der Waals surface area contributed by atoms with Crippen LogP contribution in [0.3, 0.4) is 0 Å². The molecule has 0 radical (unpaired) electrons. The van der Waals surface area contributed by atoms with Gasteiger partial charge in [0.1, 0.15) is 11.5 Å². The number of hydrogen-bond donors (Lipinski definition) is 2. The maximum absolute atomic E-state index is 9.38. The van der Waals surface area contributed by atoms with E-state index in [1.54, 1.807) is 24.3 Å². The number of aliphatic hydroxyl groups is 1. The van der Waals surface area contributed by atoms with Crippen LogP contribution in [0.5, 0.6) is 11.5 Å². The fourth-order valence-corrected chi connectivity index (χ4v) is 1.71. The van der Waals surface area contributed by atoms with Crippen LogP contribution in [-0.4, -0.2) is 23.4 Å². The van der Waals surface area contributed by atoms with E-state index in [1.807, 2.05) is 30.3 Å². The molecule has 0 fully saturated rings. The average Bonchev–Trinajstić information content (AvgIpc) is 2.42. The molecule has 94 valence electrons. The molecule has 3 nitrogen and oxygen atoms in total. The lowest BCUT2D eigenvalue weighted by Gasteiger charge is -2.15. The van der Waals surface area contributed by atoms with Crippen LogP contribution in [0.4, 0.5) is 0 Å². The number of rotatable bonds is 5. The summed E-state index contributed by atoms with van der Waals surface area (Å²) in [6.45, 7) is 0.420. The highest BCUT2D eigenvalue weighted by molar-refractivity contribution is 5.29. The summed E-state index contributed by atoms with van der Waals surface area (Å²) in [5.41, 5.74) is 0.950. The van der Waals surface area contributed by atoms with Crippen molar-refractivity contribution in [1.29, 1.82) is 0 Å². The molecule has 1 unspecified atom stereocenters. The van der Waals surface area contributed by atoms with Gasteiger partial charge in [-0.3, -0.25) is 0 Å². The van der Waals surface area contributed by atoms with Crippen LogP contribution in [0.25, 0.3) is 0 Å². The SMILES string of the molecule is OCC(COc1ccccc1)c1ccc(O)cc1. The molecule has 0 saturated heterocycles. The summed E-state index contributed by atoms with van der Waals surface area (Å²) >= 11 is 0. The van der Waals surface area contributed by atoms with E-state index in [0.29, 0.717) is 6.61 Å². The second-order valence-electron chi connectivity index (χ2n) is 4.10. The Bertz CT molecular complexity index is 465. The minimum atomic E-state index is -0.0918. The number of ether oxygens (including phenoxy) is 1. The zero-order chi connectivity index (χ0) is 12.8. The van der Waals surface area contributed by atoms with Crippen molar-refractivity contribution >= 4 is 0 Å². The summed E-state index contributed by atoms with van der Waals surface area (Å²) in [5.74, 6) is 0.917. The van der Waals surface area contributed by atoms with Crippen molar-refractivity contribution in [3.8, 4) is 11.5 Å². The molecule has 3 heteroatoms. The molecule has 2 aromatic rings. The first-order valence-electron chi connectivity index (χ1n) is 5.87. The van der Waals surface area contributed by atoms with Gasteiger partial charge in [-0.1, -0.05) is 30.3 Å². The number of para-hydroxylation sites is 1. The maximum Gasteiger partial charge on any atom is 0.119 e. The van der Waals surface area contributed by atoms with Crippen molar-refractivity contribution in [3.05, 3.63) is 60.2 Å². The van der Waals surface area contributed by atoms with E-state index < -0.39 is 0 Å². The fourth-order valence-electron chi connectivity index (χ4n) is 1.71.